The zero-order chi connectivity index (χ0) is 17.2. The highest BCUT2D eigenvalue weighted by molar-refractivity contribution is 5.79. The molecule has 8 heteroatoms. The van der Waals surface area contributed by atoms with E-state index in [1.165, 1.54) is 6.33 Å². The molecule has 0 fully saturated rings. The number of benzene rings is 1. The van der Waals surface area contributed by atoms with E-state index in [9.17, 15) is 9.59 Å². The lowest BCUT2D eigenvalue weighted by Gasteiger charge is -2.21. The van der Waals surface area contributed by atoms with Crippen LogP contribution in [0, 0.1) is 5.92 Å². The fourth-order valence-electron chi connectivity index (χ4n) is 3.15. The third kappa shape index (κ3) is 3.15. The van der Waals surface area contributed by atoms with Crippen LogP contribution in [0.1, 0.15) is 18.1 Å². The van der Waals surface area contributed by atoms with E-state index in [0.29, 0.717) is 36.2 Å². The molecular weight excluding hydrogens is 320 g/mol. The van der Waals surface area contributed by atoms with Gasteiger partial charge in [0.1, 0.15) is 18.0 Å². The first kappa shape index (κ1) is 15.5. The highest BCUT2D eigenvalue weighted by Gasteiger charge is 2.25. The molecule has 8 nitrogen and oxygen atoms in total. The van der Waals surface area contributed by atoms with Crippen LogP contribution in [0.15, 0.2) is 35.4 Å². The van der Waals surface area contributed by atoms with Crippen molar-refractivity contribution in [1.82, 2.24) is 30.0 Å². The van der Waals surface area contributed by atoms with Crippen LogP contribution in [0.5, 0.6) is 0 Å². The smallest absolute Gasteiger partial charge is 0.258 e. The number of aromatic amines is 1. The van der Waals surface area contributed by atoms with Crippen molar-refractivity contribution in [3.63, 3.8) is 0 Å². The third-order valence-electron chi connectivity index (χ3n) is 4.50. The number of aromatic nitrogens is 5. The maximum atomic E-state index is 12.3. The van der Waals surface area contributed by atoms with Gasteiger partial charge in [-0.15, -0.1) is 0 Å². The molecule has 128 valence electrons. The first-order valence-electron chi connectivity index (χ1n) is 8.33. The average molecular weight is 338 g/mol. The minimum atomic E-state index is -0.155. The molecule has 3 aromatic rings. The van der Waals surface area contributed by atoms with Gasteiger partial charge in [-0.25, -0.2) is 14.6 Å². The van der Waals surface area contributed by atoms with Gasteiger partial charge in [0, 0.05) is 19.4 Å². The summed E-state index contributed by atoms with van der Waals surface area (Å²) in [5, 5.41) is 7.63. The number of hydrogen-bond donors (Lipinski definition) is 2. The molecule has 1 aliphatic heterocycles. The predicted octanol–water partition coefficient (Wildman–Crippen LogP) is 0.436. The number of fused-ring (bicyclic) bond motifs is 2. The van der Waals surface area contributed by atoms with Gasteiger partial charge in [0.2, 0.25) is 5.91 Å². The number of para-hydroxylation sites is 1. The number of carbonyl (C=O) groups excluding carboxylic acids is 1. The normalized spacial score (nSPS) is 16.6. The highest BCUT2D eigenvalue weighted by Crippen LogP contribution is 2.17. The van der Waals surface area contributed by atoms with E-state index in [4.69, 9.17) is 0 Å². The largest absolute Gasteiger partial charge is 0.355 e. The summed E-state index contributed by atoms with van der Waals surface area (Å²) >= 11 is 0. The molecule has 1 aromatic carbocycles. The number of amides is 1. The van der Waals surface area contributed by atoms with E-state index in [-0.39, 0.29) is 17.4 Å². The Morgan fingerprint density at radius 3 is 3.16 bits per heavy atom. The zero-order valence-electron chi connectivity index (χ0n) is 13.6. The summed E-state index contributed by atoms with van der Waals surface area (Å²) in [6.07, 6.45) is 3.54. The minimum Gasteiger partial charge on any atom is -0.355 e. The molecule has 3 heterocycles. The van der Waals surface area contributed by atoms with Crippen LogP contribution in [0.25, 0.3) is 10.9 Å². The topological polar surface area (TPSA) is 106 Å². The second-order valence-corrected chi connectivity index (χ2v) is 6.16. The summed E-state index contributed by atoms with van der Waals surface area (Å²) in [6, 6.07) is 7.21. The van der Waals surface area contributed by atoms with Crippen molar-refractivity contribution in [2.24, 2.45) is 5.92 Å². The van der Waals surface area contributed by atoms with Gasteiger partial charge in [-0.05, 0) is 18.6 Å². The van der Waals surface area contributed by atoms with Crippen LogP contribution < -0.4 is 10.9 Å². The first-order valence-corrected chi connectivity index (χ1v) is 8.33. The molecule has 2 aromatic heterocycles. The van der Waals surface area contributed by atoms with Crippen molar-refractivity contribution in [3.05, 3.63) is 52.6 Å². The molecule has 0 saturated carbocycles. The molecule has 0 aliphatic carbocycles. The summed E-state index contributed by atoms with van der Waals surface area (Å²) in [7, 11) is 0. The summed E-state index contributed by atoms with van der Waals surface area (Å²) in [5.41, 5.74) is 0.511. The molecular formula is C17H18N6O2. The number of carbonyl (C=O) groups is 1. The number of nitrogens with zero attached hydrogens (tertiary/aromatic N) is 4. The van der Waals surface area contributed by atoms with Gasteiger partial charge in [0.15, 0.2) is 0 Å². The predicted molar refractivity (Wildman–Crippen MR) is 90.9 cm³/mol. The van der Waals surface area contributed by atoms with Gasteiger partial charge in [-0.2, -0.15) is 5.10 Å². The fourth-order valence-corrected chi connectivity index (χ4v) is 3.15. The Morgan fingerprint density at radius 2 is 2.24 bits per heavy atom. The molecule has 1 unspecified atom stereocenters. The van der Waals surface area contributed by atoms with Crippen LogP contribution in [-0.4, -0.2) is 37.2 Å². The number of rotatable bonds is 4. The molecule has 1 aliphatic rings. The first-order chi connectivity index (χ1) is 12.2. The Hall–Kier alpha value is -3.03. The van der Waals surface area contributed by atoms with Crippen molar-refractivity contribution < 1.29 is 4.79 Å². The molecule has 0 bridgehead atoms. The average Bonchev–Trinajstić information content (AvgIpc) is 3.09. The minimum absolute atomic E-state index is 0.00397. The fraction of sp³-hybridized carbons (Fsp3) is 0.353. The highest BCUT2D eigenvalue weighted by atomic mass is 16.2. The molecule has 2 N–H and O–H groups in total. The molecule has 0 saturated heterocycles. The van der Waals surface area contributed by atoms with Crippen LogP contribution in [-0.2, 0) is 24.2 Å². The number of H-pyrrole nitrogens is 1. The maximum Gasteiger partial charge on any atom is 0.258 e. The van der Waals surface area contributed by atoms with Gasteiger partial charge in [0.05, 0.1) is 23.4 Å². The van der Waals surface area contributed by atoms with Crippen molar-refractivity contribution in [1.29, 1.82) is 0 Å². The Morgan fingerprint density at radius 1 is 1.36 bits per heavy atom. The lowest BCUT2D eigenvalue weighted by Crippen LogP contribution is -2.37. The standard InChI is InChI=1S/C17H18N6O2/c24-16(11-5-6-15-19-10-20-23(15)9-11)18-8-7-14-21-13-4-2-1-3-12(13)17(25)22-14/h1-4,10-11H,5-9H2,(H,18,24)(H,21,22,25). The molecule has 1 amide bonds. The van der Waals surface area contributed by atoms with Gasteiger partial charge >= 0.3 is 0 Å². The van der Waals surface area contributed by atoms with E-state index in [1.54, 1.807) is 10.7 Å². The Bertz CT molecular complexity index is 976. The second kappa shape index (κ2) is 6.46. The SMILES string of the molecule is O=C(NCCc1nc2ccccc2c(=O)[nH]1)C1CCc2ncnn2C1. The monoisotopic (exact) mass is 338 g/mol. The van der Waals surface area contributed by atoms with Crippen LogP contribution in [0.4, 0.5) is 0 Å². The van der Waals surface area contributed by atoms with Crippen LogP contribution >= 0.6 is 0 Å². The summed E-state index contributed by atoms with van der Waals surface area (Å²) in [6.45, 7) is 0.993. The Balaban J connectivity index is 1.36. The van der Waals surface area contributed by atoms with Gasteiger partial charge < -0.3 is 10.3 Å². The van der Waals surface area contributed by atoms with Gasteiger partial charge in [-0.3, -0.25) is 9.59 Å². The van der Waals surface area contributed by atoms with E-state index in [0.717, 1.165) is 18.7 Å². The molecule has 1 atom stereocenters. The summed E-state index contributed by atoms with van der Waals surface area (Å²) < 4.78 is 1.79. The van der Waals surface area contributed by atoms with E-state index < -0.39 is 0 Å². The van der Waals surface area contributed by atoms with E-state index in [2.05, 4.69) is 25.4 Å². The van der Waals surface area contributed by atoms with Crippen LogP contribution in [0.3, 0.4) is 0 Å². The maximum absolute atomic E-state index is 12.3. The third-order valence-corrected chi connectivity index (χ3v) is 4.50. The summed E-state index contributed by atoms with van der Waals surface area (Å²) in [4.78, 5) is 35.7. The van der Waals surface area contributed by atoms with Gasteiger partial charge in [-0.1, -0.05) is 12.1 Å². The van der Waals surface area contributed by atoms with Gasteiger partial charge in [0.25, 0.3) is 5.56 Å². The lowest BCUT2D eigenvalue weighted by atomic mass is 9.99. The van der Waals surface area contributed by atoms with Crippen molar-refractivity contribution in [2.45, 2.75) is 25.8 Å². The van der Waals surface area contributed by atoms with Crippen molar-refractivity contribution in [3.8, 4) is 0 Å². The Kier molecular flexibility index (Phi) is 4.01. The van der Waals surface area contributed by atoms with Crippen molar-refractivity contribution >= 4 is 16.8 Å². The molecule has 25 heavy (non-hydrogen) atoms. The molecule has 0 spiro atoms. The summed E-state index contributed by atoms with van der Waals surface area (Å²) in [5.74, 6) is 1.41. The Labute approximate surface area is 143 Å². The molecule has 4 rings (SSSR count). The number of aryl methyl sites for hydroxylation is 1. The zero-order valence-corrected chi connectivity index (χ0v) is 13.6. The second-order valence-electron chi connectivity index (χ2n) is 6.16. The van der Waals surface area contributed by atoms with Crippen molar-refractivity contribution in [2.75, 3.05) is 6.54 Å². The number of hydrogen-bond acceptors (Lipinski definition) is 5. The van der Waals surface area contributed by atoms with Crippen LogP contribution in [0.2, 0.25) is 0 Å². The van der Waals surface area contributed by atoms with E-state index in [1.807, 2.05) is 18.2 Å². The van der Waals surface area contributed by atoms with E-state index >= 15 is 0 Å². The lowest BCUT2D eigenvalue weighted by molar-refractivity contribution is -0.126. The molecule has 0 radical (unpaired) electrons. The quantitative estimate of drug-likeness (QED) is 0.718. The number of nitrogens with one attached hydrogen (secondary N) is 2.